The normalized spacial score (nSPS) is 11.8. The van der Waals surface area contributed by atoms with Crippen molar-refractivity contribution in [2.75, 3.05) is 6.61 Å². The summed E-state index contributed by atoms with van der Waals surface area (Å²) in [5.41, 5.74) is 4.60. The first-order valence-corrected chi connectivity index (χ1v) is 9.62. The number of ether oxygens (including phenoxy) is 1. The Morgan fingerprint density at radius 1 is 1.11 bits per heavy atom. The van der Waals surface area contributed by atoms with Crippen molar-refractivity contribution in [3.8, 4) is 0 Å². The van der Waals surface area contributed by atoms with E-state index >= 15 is 0 Å². The second-order valence-electron chi connectivity index (χ2n) is 6.49. The number of fused-ring (bicyclic) bond motifs is 1. The van der Waals surface area contributed by atoms with Gasteiger partial charge in [0.1, 0.15) is 6.54 Å². The molecule has 0 unspecified atom stereocenters. The largest absolute Gasteiger partial charge is 0.465 e. The van der Waals surface area contributed by atoms with E-state index in [9.17, 15) is 9.59 Å². The molecular formula is C21H22N2O3S. The van der Waals surface area contributed by atoms with Gasteiger partial charge in [-0.1, -0.05) is 35.1 Å². The number of amides is 1. The molecule has 140 valence electrons. The number of aryl methyl sites for hydroxylation is 3. The highest BCUT2D eigenvalue weighted by molar-refractivity contribution is 7.16. The smallest absolute Gasteiger partial charge is 0.326 e. The highest BCUT2D eigenvalue weighted by Crippen LogP contribution is 2.23. The molecule has 0 N–H and O–H groups in total. The predicted molar refractivity (Wildman–Crippen MR) is 107 cm³/mol. The van der Waals surface area contributed by atoms with Crippen LogP contribution in [0.4, 0.5) is 0 Å². The molecule has 0 spiro atoms. The van der Waals surface area contributed by atoms with Crippen molar-refractivity contribution in [3.63, 3.8) is 0 Å². The van der Waals surface area contributed by atoms with E-state index in [1.165, 1.54) is 11.3 Å². The maximum atomic E-state index is 12.7. The van der Waals surface area contributed by atoms with Gasteiger partial charge in [-0.05, 0) is 57.0 Å². The first-order chi connectivity index (χ1) is 12.9. The molecule has 6 heteroatoms. The Morgan fingerprint density at radius 3 is 2.59 bits per heavy atom. The summed E-state index contributed by atoms with van der Waals surface area (Å²) in [5, 5.41) is 0. The van der Waals surface area contributed by atoms with Crippen molar-refractivity contribution < 1.29 is 14.3 Å². The van der Waals surface area contributed by atoms with Crippen LogP contribution in [0, 0.1) is 20.8 Å². The van der Waals surface area contributed by atoms with Crippen LogP contribution in [-0.2, 0) is 16.1 Å². The maximum absolute atomic E-state index is 12.7. The summed E-state index contributed by atoms with van der Waals surface area (Å²) >= 11 is 1.41. The molecule has 3 rings (SSSR count). The number of aromatic nitrogens is 1. The summed E-state index contributed by atoms with van der Waals surface area (Å²) in [4.78, 5) is 29.6. The summed E-state index contributed by atoms with van der Waals surface area (Å²) in [6, 6.07) is 11.4. The van der Waals surface area contributed by atoms with E-state index in [2.05, 4.69) is 11.1 Å². The minimum Gasteiger partial charge on any atom is -0.465 e. The quantitative estimate of drug-likeness (QED) is 0.642. The number of esters is 1. The van der Waals surface area contributed by atoms with Crippen LogP contribution in [0.5, 0.6) is 0 Å². The molecular weight excluding hydrogens is 360 g/mol. The van der Waals surface area contributed by atoms with Crippen LogP contribution in [0.3, 0.4) is 0 Å². The van der Waals surface area contributed by atoms with Gasteiger partial charge in [0.25, 0.3) is 5.91 Å². The number of hydrogen-bond donors (Lipinski definition) is 0. The van der Waals surface area contributed by atoms with Crippen molar-refractivity contribution >= 4 is 33.4 Å². The summed E-state index contributed by atoms with van der Waals surface area (Å²) in [5.74, 6) is -0.668. The van der Waals surface area contributed by atoms with E-state index in [0.717, 1.165) is 26.9 Å². The van der Waals surface area contributed by atoms with Gasteiger partial charge in [0, 0.05) is 5.56 Å². The molecule has 0 saturated carbocycles. The molecule has 0 radical (unpaired) electrons. The van der Waals surface area contributed by atoms with Gasteiger partial charge in [0.2, 0.25) is 0 Å². The van der Waals surface area contributed by atoms with Crippen LogP contribution in [0.1, 0.15) is 34.0 Å². The number of thiazole rings is 1. The lowest BCUT2D eigenvalue weighted by Gasteiger charge is -2.06. The number of carbonyl (C=O) groups excluding carboxylic acids is 2. The van der Waals surface area contributed by atoms with E-state index in [1.807, 2.05) is 45.0 Å². The predicted octanol–water partition coefficient (Wildman–Crippen LogP) is 3.93. The lowest BCUT2D eigenvalue weighted by Crippen LogP contribution is -2.23. The fourth-order valence-corrected chi connectivity index (χ4v) is 4.09. The van der Waals surface area contributed by atoms with Crippen LogP contribution in [0.2, 0.25) is 0 Å². The molecule has 0 aliphatic carbocycles. The zero-order valence-corrected chi connectivity index (χ0v) is 16.7. The monoisotopic (exact) mass is 382 g/mol. The van der Waals surface area contributed by atoms with Gasteiger partial charge in [0.15, 0.2) is 4.80 Å². The lowest BCUT2D eigenvalue weighted by molar-refractivity contribution is -0.143. The number of nitrogens with zero attached hydrogens (tertiary/aromatic N) is 2. The second kappa shape index (κ2) is 7.88. The molecule has 0 saturated heterocycles. The molecule has 3 aromatic rings. The average molecular weight is 382 g/mol. The Labute approximate surface area is 161 Å². The summed E-state index contributed by atoms with van der Waals surface area (Å²) < 4.78 is 7.89. The molecule has 0 fully saturated rings. The number of hydrogen-bond acceptors (Lipinski definition) is 4. The first kappa shape index (κ1) is 19.0. The third kappa shape index (κ3) is 4.17. The van der Waals surface area contributed by atoms with Gasteiger partial charge in [0.05, 0.1) is 16.8 Å². The molecule has 1 amide bonds. The Kier molecular flexibility index (Phi) is 5.56. The van der Waals surface area contributed by atoms with Gasteiger partial charge in [-0.15, -0.1) is 0 Å². The van der Waals surface area contributed by atoms with Crippen molar-refractivity contribution in [2.45, 2.75) is 34.2 Å². The summed E-state index contributed by atoms with van der Waals surface area (Å²) in [6.07, 6.45) is 0. The Hall–Kier alpha value is -2.73. The third-order valence-electron chi connectivity index (χ3n) is 4.17. The third-order valence-corrected chi connectivity index (χ3v) is 5.40. The van der Waals surface area contributed by atoms with E-state index in [4.69, 9.17) is 4.74 Å². The van der Waals surface area contributed by atoms with Crippen LogP contribution < -0.4 is 4.80 Å². The standard InChI is InChI=1S/C21H22N2O3S/c1-5-26-18(24)12-23-17-11-14(3)9-15(4)19(17)27-21(23)22-20(25)16-8-6-7-13(2)10-16/h6-11H,5,12H2,1-4H3. The van der Waals surface area contributed by atoms with Crippen molar-refractivity contribution in [2.24, 2.45) is 4.99 Å². The van der Waals surface area contributed by atoms with Crippen LogP contribution in [-0.4, -0.2) is 23.1 Å². The Bertz CT molecular complexity index is 1090. The van der Waals surface area contributed by atoms with Crippen molar-refractivity contribution in [1.82, 2.24) is 4.57 Å². The highest BCUT2D eigenvalue weighted by atomic mass is 32.1. The topological polar surface area (TPSA) is 60.7 Å². The molecule has 0 aliphatic rings. The van der Waals surface area contributed by atoms with Gasteiger partial charge >= 0.3 is 5.97 Å². The Balaban J connectivity index is 2.17. The first-order valence-electron chi connectivity index (χ1n) is 8.81. The molecule has 0 aliphatic heterocycles. The molecule has 1 heterocycles. The summed E-state index contributed by atoms with van der Waals surface area (Å²) in [7, 11) is 0. The van der Waals surface area contributed by atoms with Crippen LogP contribution in [0.15, 0.2) is 41.4 Å². The SMILES string of the molecule is CCOC(=O)Cn1c(=NC(=O)c2cccc(C)c2)sc2c(C)cc(C)cc21. The average Bonchev–Trinajstić information content (AvgIpc) is 2.93. The molecule has 0 atom stereocenters. The number of benzene rings is 2. The number of rotatable bonds is 4. The molecule has 5 nitrogen and oxygen atoms in total. The molecule has 27 heavy (non-hydrogen) atoms. The van der Waals surface area contributed by atoms with E-state index in [1.54, 1.807) is 17.6 Å². The van der Waals surface area contributed by atoms with Crippen LogP contribution in [0.25, 0.3) is 10.2 Å². The summed E-state index contributed by atoms with van der Waals surface area (Å²) in [6.45, 7) is 8.07. The van der Waals surface area contributed by atoms with E-state index < -0.39 is 0 Å². The molecule has 1 aromatic heterocycles. The minimum absolute atomic E-state index is 0.0245. The van der Waals surface area contributed by atoms with Crippen molar-refractivity contribution in [1.29, 1.82) is 0 Å². The van der Waals surface area contributed by atoms with Gasteiger partial charge in [-0.25, -0.2) is 0 Å². The van der Waals surface area contributed by atoms with Gasteiger partial charge in [-0.3, -0.25) is 9.59 Å². The fourth-order valence-electron chi connectivity index (χ4n) is 3.02. The molecule has 2 aromatic carbocycles. The highest BCUT2D eigenvalue weighted by Gasteiger charge is 2.14. The zero-order chi connectivity index (χ0) is 19.6. The second-order valence-corrected chi connectivity index (χ2v) is 7.47. The molecule has 0 bridgehead atoms. The van der Waals surface area contributed by atoms with Gasteiger partial charge < -0.3 is 9.30 Å². The number of carbonyl (C=O) groups is 2. The Morgan fingerprint density at radius 2 is 1.89 bits per heavy atom. The van der Waals surface area contributed by atoms with E-state index in [-0.39, 0.29) is 18.4 Å². The minimum atomic E-state index is -0.346. The lowest BCUT2D eigenvalue weighted by atomic mass is 10.1. The van der Waals surface area contributed by atoms with Gasteiger partial charge in [-0.2, -0.15) is 4.99 Å². The van der Waals surface area contributed by atoms with Crippen molar-refractivity contribution in [3.05, 3.63) is 63.5 Å². The van der Waals surface area contributed by atoms with Crippen LogP contribution >= 0.6 is 11.3 Å². The maximum Gasteiger partial charge on any atom is 0.326 e. The van der Waals surface area contributed by atoms with E-state index in [0.29, 0.717) is 17.0 Å². The fraction of sp³-hybridized carbons (Fsp3) is 0.286. The zero-order valence-electron chi connectivity index (χ0n) is 15.9.